The van der Waals surface area contributed by atoms with Crippen molar-refractivity contribution in [1.29, 1.82) is 0 Å². The van der Waals surface area contributed by atoms with Crippen molar-refractivity contribution in [2.24, 2.45) is 0 Å². The van der Waals surface area contributed by atoms with Crippen molar-refractivity contribution in [1.82, 2.24) is 0 Å². The molecule has 0 unspecified atom stereocenters. The smallest absolute Gasteiger partial charge is 0.336 e. The molecule has 2 aromatic carbocycles. The number of ether oxygens (including phenoxy) is 1. The number of carboxylic acids is 1. The number of hydrogen-bond acceptors (Lipinski definition) is 2. The van der Waals surface area contributed by atoms with Crippen LogP contribution in [0.5, 0.6) is 5.75 Å². The van der Waals surface area contributed by atoms with Crippen LogP contribution >= 0.6 is 27.5 Å². The Morgan fingerprint density at radius 2 is 1.95 bits per heavy atom. The third-order valence-electron chi connectivity index (χ3n) is 2.86. The maximum atomic E-state index is 11.5. The van der Waals surface area contributed by atoms with Gasteiger partial charge in [-0.05, 0) is 39.7 Å². The Kier molecular flexibility index (Phi) is 5.04. The molecular formula is C16H12BrClO3. The predicted molar refractivity (Wildman–Crippen MR) is 87.7 cm³/mol. The van der Waals surface area contributed by atoms with Crippen molar-refractivity contribution in [2.45, 2.75) is 0 Å². The summed E-state index contributed by atoms with van der Waals surface area (Å²) in [6.07, 6.45) is 1.55. The van der Waals surface area contributed by atoms with Crippen LogP contribution in [0.25, 0.3) is 11.6 Å². The van der Waals surface area contributed by atoms with Gasteiger partial charge in [0, 0.05) is 10.6 Å². The van der Waals surface area contributed by atoms with Crippen LogP contribution in [0, 0.1) is 0 Å². The van der Waals surface area contributed by atoms with Gasteiger partial charge in [0.2, 0.25) is 0 Å². The van der Waals surface area contributed by atoms with Gasteiger partial charge in [-0.3, -0.25) is 0 Å². The highest BCUT2D eigenvalue weighted by molar-refractivity contribution is 9.10. The average molecular weight is 368 g/mol. The first-order chi connectivity index (χ1) is 10.0. The Morgan fingerprint density at radius 3 is 2.52 bits per heavy atom. The van der Waals surface area contributed by atoms with E-state index in [9.17, 15) is 9.90 Å². The Bertz CT molecular complexity index is 696. The molecule has 0 saturated carbocycles. The highest BCUT2D eigenvalue weighted by Gasteiger charge is 2.14. The minimum atomic E-state index is -1.01. The van der Waals surface area contributed by atoms with E-state index in [1.54, 1.807) is 42.5 Å². The zero-order valence-corrected chi connectivity index (χ0v) is 13.5. The van der Waals surface area contributed by atoms with E-state index < -0.39 is 5.97 Å². The van der Waals surface area contributed by atoms with E-state index in [1.807, 2.05) is 6.07 Å². The molecule has 0 atom stereocenters. The molecule has 0 aliphatic carbocycles. The SMILES string of the molecule is COc1c(Br)cc(Cl)cc1/C=C(\C(=O)O)c1ccccc1. The molecule has 0 aliphatic heterocycles. The van der Waals surface area contributed by atoms with Gasteiger partial charge in [0.15, 0.2) is 0 Å². The molecule has 3 nitrogen and oxygen atoms in total. The largest absolute Gasteiger partial charge is 0.495 e. The molecule has 0 radical (unpaired) electrons. The summed E-state index contributed by atoms with van der Waals surface area (Å²) in [7, 11) is 1.52. The number of carboxylic acid groups (broad SMARTS) is 1. The van der Waals surface area contributed by atoms with Crippen LogP contribution in [0.1, 0.15) is 11.1 Å². The standard InChI is InChI=1S/C16H12BrClO3/c1-21-15-11(7-12(18)9-14(15)17)8-13(16(19)20)10-5-3-2-4-6-10/h2-9H,1H3,(H,19,20)/b13-8-. The second-order valence-electron chi connectivity index (χ2n) is 4.24. The predicted octanol–water partition coefficient (Wildman–Crippen LogP) is 4.74. The van der Waals surface area contributed by atoms with Gasteiger partial charge in [-0.25, -0.2) is 4.79 Å². The van der Waals surface area contributed by atoms with Gasteiger partial charge in [0.05, 0.1) is 17.2 Å². The molecule has 0 bridgehead atoms. The van der Waals surface area contributed by atoms with Crippen LogP contribution in [0.4, 0.5) is 0 Å². The lowest BCUT2D eigenvalue weighted by molar-refractivity contribution is -0.130. The molecule has 0 saturated heterocycles. The molecule has 0 aromatic heterocycles. The lowest BCUT2D eigenvalue weighted by Gasteiger charge is -2.10. The van der Waals surface area contributed by atoms with E-state index in [0.29, 0.717) is 26.4 Å². The van der Waals surface area contributed by atoms with Crippen LogP contribution in [0.2, 0.25) is 5.02 Å². The van der Waals surface area contributed by atoms with Crippen LogP contribution in [0.3, 0.4) is 0 Å². The maximum Gasteiger partial charge on any atom is 0.336 e. The van der Waals surface area contributed by atoms with E-state index in [1.165, 1.54) is 7.11 Å². The van der Waals surface area contributed by atoms with Gasteiger partial charge in [-0.1, -0.05) is 41.9 Å². The number of methoxy groups -OCH3 is 1. The van der Waals surface area contributed by atoms with Crippen LogP contribution in [0.15, 0.2) is 46.9 Å². The van der Waals surface area contributed by atoms with Crippen LogP contribution < -0.4 is 4.74 Å². The van der Waals surface area contributed by atoms with Crippen LogP contribution in [-0.2, 0) is 4.79 Å². The molecular weight excluding hydrogens is 356 g/mol. The normalized spacial score (nSPS) is 11.3. The van der Waals surface area contributed by atoms with Gasteiger partial charge in [0.1, 0.15) is 5.75 Å². The summed E-state index contributed by atoms with van der Waals surface area (Å²) in [6.45, 7) is 0. The first-order valence-electron chi connectivity index (χ1n) is 6.06. The minimum absolute atomic E-state index is 0.170. The molecule has 2 aromatic rings. The zero-order chi connectivity index (χ0) is 15.4. The monoisotopic (exact) mass is 366 g/mol. The summed E-state index contributed by atoms with van der Waals surface area (Å²) in [5.41, 5.74) is 1.38. The molecule has 0 aliphatic rings. The summed E-state index contributed by atoms with van der Waals surface area (Å²) < 4.78 is 5.97. The van der Waals surface area contributed by atoms with Crippen molar-refractivity contribution in [3.05, 3.63) is 63.1 Å². The lowest BCUT2D eigenvalue weighted by Crippen LogP contribution is -2.00. The van der Waals surface area contributed by atoms with Gasteiger partial charge < -0.3 is 9.84 Å². The van der Waals surface area contributed by atoms with Gasteiger partial charge in [-0.2, -0.15) is 0 Å². The molecule has 5 heteroatoms. The summed E-state index contributed by atoms with van der Waals surface area (Å²) in [4.78, 5) is 11.5. The third-order valence-corrected chi connectivity index (χ3v) is 3.66. The Labute approximate surface area is 135 Å². The molecule has 21 heavy (non-hydrogen) atoms. The number of hydrogen-bond donors (Lipinski definition) is 1. The quantitative estimate of drug-likeness (QED) is 0.627. The number of rotatable bonds is 4. The van der Waals surface area contributed by atoms with Crippen LogP contribution in [-0.4, -0.2) is 18.2 Å². The van der Waals surface area contributed by atoms with E-state index >= 15 is 0 Å². The fourth-order valence-corrected chi connectivity index (χ4v) is 2.94. The van der Waals surface area contributed by atoms with Crippen molar-refractivity contribution in [3.8, 4) is 5.75 Å². The second kappa shape index (κ2) is 6.78. The first-order valence-corrected chi connectivity index (χ1v) is 7.23. The highest BCUT2D eigenvalue weighted by atomic mass is 79.9. The van der Waals surface area contributed by atoms with Gasteiger partial charge in [-0.15, -0.1) is 0 Å². The topological polar surface area (TPSA) is 46.5 Å². The summed E-state index contributed by atoms with van der Waals surface area (Å²) in [5.74, 6) is -0.478. The maximum absolute atomic E-state index is 11.5. The van der Waals surface area contributed by atoms with Crippen molar-refractivity contribution in [2.75, 3.05) is 7.11 Å². The molecule has 0 fully saturated rings. The van der Waals surface area contributed by atoms with E-state index in [2.05, 4.69) is 15.9 Å². The van der Waals surface area contributed by atoms with E-state index in [4.69, 9.17) is 16.3 Å². The fraction of sp³-hybridized carbons (Fsp3) is 0.0625. The first kappa shape index (κ1) is 15.6. The highest BCUT2D eigenvalue weighted by Crippen LogP contribution is 2.34. The van der Waals surface area contributed by atoms with Gasteiger partial charge >= 0.3 is 5.97 Å². The lowest BCUT2D eigenvalue weighted by atomic mass is 10.0. The zero-order valence-electron chi connectivity index (χ0n) is 11.1. The third kappa shape index (κ3) is 3.65. The number of carbonyl (C=O) groups is 1. The van der Waals surface area contributed by atoms with Crippen molar-refractivity contribution < 1.29 is 14.6 Å². The number of halogens is 2. The molecule has 1 N–H and O–H groups in total. The average Bonchev–Trinajstić information content (AvgIpc) is 2.45. The van der Waals surface area contributed by atoms with Crippen molar-refractivity contribution in [3.63, 3.8) is 0 Å². The molecule has 108 valence electrons. The van der Waals surface area contributed by atoms with E-state index in [-0.39, 0.29) is 5.57 Å². The molecule has 0 heterocycles. The minimum Gasteiger partial charge on any atom is -0.495 e. The van der Waals surface area contributed by atoms with Gasteiger partial charge in [0.25, 0.3) is 0 Å². The van der Waals surface area contributed by atoms with Crippen molar-refractivity contribution >= 4 is 45.1 Å². The number of aliphatic carboxylic acids is 1. The Hall–Kier alpha value is -1.78. The fourth-order valence-electron chi connectivity index (χ4n) is 1.94. The molecule has 0 amide bonds. The molecule has 0 spiro atoms. The van der Waals surface area contributed by atoms with E-state index in [0.717, 1.165) is 0 Å². The summed E-state index contributed by atoms with van der Waals surface area (Å²) >= 11 is 9.38. The number of benzene rings is 2. The Morgan fingerprint density at radius 1 is 1.29 bits per heavy atom. The second-order valence-corrected chi connectivity index (χ2v) is 5.53. The summed E-state index contributed by atoms with van der Waals surface area (Å²) in [6, 6.07) is 12.3. The molecule has 2 rings (SSSR count). The Balaban J connectivity index is 2.62. The summed E-state index contributed by atoms with van der Waals surface area (Å²) in [5, 5.41) is 9.93.